The van der Waals surface area contributed by atoms with Crippen LogP contribution >= 0.6 is 0 Å². The van der Waals surface area contributed by atoms with Gasteiger partial charge in [0.05, 0.1) is 19.3 Å². The number of esters is 1. The van der Waals surface area contributed by atoms with E-state index in [2.05, 4.69) is 9.46 Å². The summed E-state index contributed by atoms with van der Waals surface area (Å²) in [6.45, 7) is 3.88. The summed E-state index contributed by atoms with van der Waals surface area (Å²) in [5.74, 6) is -0.837. The molecule has 0 aromatic carbocycles. The average molecular weight is 239 g/mol. The van der Waals surface area contributed by atoms with Gasteiger partial charge in [-0.1, -0.05) is 0 Å². The van der Waals surface area contributed by atoms with Gasteiger partial charge in [-0.05, 0) is 20.8 Å². The highest BCUT2D eigenvalue weighted by Crippen LogP contribution is 2.08. The number of hydrogen-bond acceptors (Lipinski definition) is 5. The molecule has 90 valence electrons. The Morgan fingerprint density at radius 1 is 1.53 bits per heavy atom. The molecule has 0 aromatic rings. The lowest BCUT2D eigenvalue weighted by molar-refractivity contribution is -0.139. The Kier molecular flexibility index (Phi) is 4.69. The average Bonchev–Trinajstić information content (AvgIpc) is 2.14. The van der Waals surface area contributed by atoms with Gasteiger partial charge >= 0.3 is 5.97 Å². The van der Waals surface area contributed by atoms with Gasteiger partial charge in [-0.15, -0.1) is 0 Å². The molecular formula is C8H17NO5S. The molecule has 1 atom stereocenters. The van der Waals surface area contributed by atoms with Crippen LogP contribution in [-0.2, 0) is 19.6 Å². The quantitative estimate of drug-likeness (QED) is 0.615. The van der Waals surface area contributed by atoms with Crippen molar-refractivity contribution in [2.75, 3.05) is 13.7 Å². The Morgan fingerprint density at radius 2 is 2.00 bits per heavy atom. The highest BCUT2D eigenvalue weighted by atomic mass is 32.2. The normalized spacial score (nSPS) is 14.7. The molecule has 0 aliphatic heterocycles. The van der Waals surface area contributed by atoms with Crippen molar-refractivity contribution in [1.29, 1.82) is 0 Å². The summed E-state index contributed by atoms with van der Waals surface area (Å²) in [7, 11) is -2.71. The molecule has 7 heteroatoms. The van der Waals surface area contributed by atoms with Crippen LogP contribution in [-0.4, -0.2) is 44.0 Å². The van der Waals surface area contributed by atoms with Gasteiger partial charge in [0, 0.05) is 0 Å². The van der Waals surface area contributed by atoms with Crippen molar-refractivity contribution in [3.63, 3.8) is 0 Å². The number of ether oxygens (including phenoxy) is 1. The van der Waals surface area contributed by atoms with Gasteiger partial charge in [-0.2, -0.15) is 0 Å². The molecule has 0 radical (unpaired) electrons. The maximum Gasteiger partial charge on any atom is 0.325 e. The molecule has 0 bridgehead atoms. The number of nitrogens with one attached hydrogen (secondary N) is 1. The minimum atomic E-state index is -3.83. The van der Waals surface area contributed by atoms with Gasteiger partial charge in [-0.25, -0.2) is 13.1 Å². The van der Waals surface area contributed by atoms with Crippen molar-refractivity contribution in [2.24, 2.45) is 0 Å². The van der Waals surface area contributed by atoms with Crippen LogP contribution < -0.4 is 4.72 Å². The Bertz CT molecular complexity index is 322. The fourth-order valence-corrected chi connectivity index (χ4v) is 2.16. The zero-order valence-electron chi connectivity index (χ0n) is 9.27. The van der Waals surface area contributed by atoms with E-state index in [9.17, 15) is 13.2 Å². The highest BCUT2D eigenvalue weighted by Gasteiger charge is 2.33. The van der Waals surface area contributed by atoms with Crippen molar-refractivity contribution < 1.29 is 23.1 Å². The second-order valence-electron chi connectivity index (χ2n) is 3.85. The van der Waals surface area contributed by atoms with Gasteiger partial charge < -0.3 is 9.84 Å². The van der Waals surface area contributed by atoms with Crippen LogP contribution in [0, 0.1) is 0 Å². The summed E-state index contributed by atoms with van der Waals surface area (Å²) in [5, 5.41) is 7.59. The molecular weight excluding hydrogens is 222 g/mol. The first-order valence-corrected chi connectivity index (χ1v) is 5.92. The predicted molar refractivity (Wildman–Crippen MR) is 54.7 cm³/mol. The monoisotopic (exact) mass is 239 g/mol. The Labute approximate surface area is 89.7 Å². The third kappa shape index (κ3) is 4.15. The molecule has 0 fully saturated rings. The molecule has 0 aliphatic carbocycles. The lowest BCUT2D eigenvalue weighted by atomic mass is 10.1. The highest BCUT2D eigenvalue weighted by molar-refractivity contribution is 7.90. The van der Waals surface area contributed by atoms with E-state index in [0.717, 1.165) is 7.11 Å². The maximum atomic E-state index is 11.6. The van der Waals surface area contributed by atoms with Gasteiger partial charge in [0.25, 0.3) is 0 Å². The van der Waals surface area contributed by atoms with Crippen molar-refractivity contribution in [3.05, 3.63) is 0 Å². The molecule has 0 spiro atoms. The molecule has 2 N–H and O–H groups in total. The Morgan fingerprint density at radius 3 is 2.33 bits per heavy atom. The molecule has 0 saturated heterocycles. The first-order valence-electron chi connectivity index (χ1n) is 4.38. The van der Waals surface area contributed by atoms with Crippen LogP contribution in [0.25, 0.3) is 0 Å². The number of carbonyl (C=O) groups excluding carboxylic acids is 1. The summed E-state index contributed by atoms with van der Waals surface area (Å²) >= 11 is 0. The van der Waals surface area contributed by atoms with Crippen molar-refractivity contribution in [3.8, 4) is 0 Å². The van der Waals surface area contributed by atoms with Crippen molar-refractivity contribution in [2.45, 2.75) is 31.6 Å². The zero-order valence-corrected chi connectivity index (χ0v) is 10.1. The number of hydrogen-bond donors (Lipinski definition) is 2. The van der Waals surface area contributed by atoms with E-state index in [1.165, 1.54) is 20.8 Å². The first-order chi connectivity index (χ1) is 6.66. The summed E-state index contributed by atoms with van der Waals surface area (Å²) in [5.41, 5.74) is -0.999. The zero-order chi connectivity index (χ0) is 12.3. The number of rotatable bonds is 5. The van der Waals surface area contributed by atoms with Gasteiger partial charge in [0.1, 0.15) is 0 Å². The van der Waals surface area contributed by atoms with Crippen LogP contribution in [0.1, 0.15) is 20.8 Å². The number of aliphatic hydroxyl groups excluding tert-OH is 1. The van der Waals surface area contributed by atoms with E-state index in [-0.39, 0.29) is 6.61 Å². The molecule has 1 unspecified atom stereocenters. The lowest BCUT2D eigenvalue weighted by Crippen LogP contribution is -2.50. The fraction of sp³-hybridized carbons (Fsp3) is 0.875. The number of sulfonamides is 1. The van der Waals surface area contributed by atoms with Gasteiger partial charge in [-0.3, -0.25) is 4.79 Å². The van der Waals surface area contributed by atoms with E-state index >= 15 is 0 Å². The lowest BCUT2D eigenvalue weighted by Gasteiger charge is -2.24. The van der Waals surface area contributed by atoms with Crippen LogP contribution in [0.5, 0.6) is 0 Å². The van der Waals surface area contributed by atoms with E-state index in [0.29, 0.717) is 0 Å². The fourth-order valence-electron chi connectivity index (χ4n) is 0.798. The molecule has 0 saturated carbocycles. The standard InChI is InChI=1S/C8H17NO5S/c1-6(7(11)14-4)15(12,13)9-8(2,3)5-10/h6,9-10H,5H2,1-4H3. The second-order valence-corrected chi connectivity index (χ2v) is 5.86. The van der Waals surface area contributed by atoms with Crippen LogP contribution in [0.15, 0.2) is 0 Å². The van der Waals surface area contributed by atoms with E-state index < -0.39 is 26.8 Å². The SMILES string of the molecule is COC(=O)C(C)S(=O)(=O)NC(C)(C)CO. The molecule has 0 rings (SSSR count). The molecule has 0 aromatic heterocycles. The van der Waals surface area contributed by atoms with Crippen LogP contribution in [0.4, 0.5) is 0 Å². The molecule has 0 aliphatic rings. The number of carbonyl (C=O) groups is 1. The molecule has 15 heavy (non-hydrogen) atoms. The Hall–Kier alpha value is -0.660. The first kappa shape index (κ1) is 14.3. The second kappa shape index (κ2) is 4.91. The summed E-state index contributed by atoms with van der Waals surface area (Å²) in [4.78, 5) is 11.0. The minimum Gasteiger partial charge on any atom is -0.468 e. The third-order valence-electron chi connectivity index (χ3n) is 1.81. The Balaban J connectivity index is 4.78. The summed E-state index contributed by atoms with van der Waals surface area (Å²) in [6.07, 6.45) is 0. The summed E-state index contributed by atoms with van der Waals surface area (Å²) < 4.78 is 29.7. The molecule has 0 heterocycles. The largest absolute Gasteiger partial charge is 0.468 e. The van der Waals surface area contributed by atoms with Crippen molar-refractivity contribution >= 4 is 16.0 Å². The van der Waals surface area contributed by atoms with E-state index in [1.807, 2.05) is 0 Å². The molecule has 6 nitrogen and oxygen atoms in total. The topological polar surface area (TPSA) is 92.7 Å². The minimum absolute atomic E-state index is 0.361. The number of aliphatic hydroxyl groups is 1. The summed E-state index contributed by atoms with van der Waals surface area (Å²) in [6, 6.07) is 0. The maximum absolute atomic E-state index is 11.6. The van der Waals surface area contributed by atoms with Gasteiger partial charge in [0.15, 0.2) is 5.25 Å². The van der Waals surface area contributed by atoms with Crippen LogP contribution in [0.2, 0.25) is 0 Å². The van der Waals surface area contributed by atoms with Crippen molar-refractivity contribution in [1.82, 2.24) is 4.72 Å². The number of methoxy groups -OCH3 is 1. The predicted octanol–water partition coefficient (Wildman–Crippen LogP) is -0.762. The smallest absolute Gasteiger partial charge is 0.325 e. The third-order valence-corrected chi connectivity index (χ3v) is 3.77. The van der Waals surface area contributed by atoms with Gasteiger partial charge in [0.2, 0.25) is 10.0 Å². The van der Waals surface area contributed by atoms with E-state index in [1.54, 1.807) is 0 Å². The van der Waals surface area contributed by atoms with Crippen LogP contribution in [0.3, 0.4) is 0 Å². The molecule has 0 amide bonds. The van der Waals surface area contributed by atoms with E-state index in [4.69, 9.17) is 5.11 Å².